The lowest BCUT2D eigenvalue weighted by Crippen LogP contribution is -2.23. The molecule has 170 valence electrons. The van der Waals surface area contributed by atoms with Crippen LogP contribution < -0.4 is 25.0 Å². The van der Waals surface area contributed by atoms with Gasteiger partial charge in [0.1, 0.15) is 5.75 Å². The van der Waals surface area contributed by atoms with Crippen molar-refractivity contribution in [3.63, 3.8) is 0 Å². The quantitative estimate of drug-likeness (QED) is 0.130. The van der Waals surface area contributed by atoms with Crippen molar-refractivity contribution in [1.29, 1.82) is 0 Å². The predicted octanol–water partition coefficient (Wildman–Crippen LogP) is 5.66. The Morgan fingerprint density at radius 2 is 1.79 bits per heavy atom. The highest BCUT2D eigenvalue weighted by molar-refractivity contribution is 9.10. The van der Waals surface area contributed by atoms with Crippen LogP contribution in [0, 0.1) is 0 Å². The van der Waals surface area contributed by atoms with E-state index >= 15 is 0 Å². The summed E-state index contributed by atoms with van der Waals surface area (Å²) < 4.78 is 16.8. The molecule has 3 aromatic rings. The first-order chi connectivity index (χ1) is 15.9. The average molecular weight is 549 g/mol. The SMILES string of the molecule is COc1ccc(C(=O)Oc2ccc(Br)cc2/C=N\NC(=S)Nc2cccc(Cl)c2)cc1OC. The molecule has 0 aromatic heterocycles. The summed E-state index contributed by atoms with van der Waals surface area (Å²) in [4.78, 5) is 12.7. The van der Waals surface area contributed by atoms with Crippen LogP contribution in [0.5, 0.6) is 17.2 Å². The number of methoxy groups -OCH3 is 2. The first-order valence-corrected chi connectivity index (χ1v) is 11.1. The standard InChI is InChI=1S/C23H19BrClN3O4S/c1-30-20-8-6-14(11-21(20)31-2)22(29)32-19-9-7-16(24)10-15(19)13-26-28-23(33)27-18-5-3-4-17(25)12-18/h3-13H,1-2H3,(H2,27,28,33)/b26-13-. The minimum atomic E-state index is -0.556. The van der Waals surface area contributed by atoms with Crippen molar-refractivity contribution < 1.29 is 19.0 Å². The average Bonchev–Trinajstić information content (AvgIpc) is 2.80. The molecule has 0 heterocycles. The summed E-state index contributed by atoms with van der Waals surface area (Å²) in [6, 6.07) is 17.1. The number of carbonyl (C=O) groups is 1. The first-order valence-electron chi connectivity index (χ1n) is 9.49. The molecule has 0 saturated heterocycles. The number of hydrazone groups is 1. The number of thiocarbonyl (C=S) groups is 1. The Hall–Kier alpha value is -3.14. The number of benzene rings is 3. The number of ether oxygens (including phenoxy) is 3. The van der Waals surface area contributed by atoms with Gasteiger partial charge < -0.3 is 19.5 Å². The van der Waals surface area contributed by atoms with Crippen molar-refractivity contribution in [2.45, 2.75) is 0 Å². The third-order valence-corrected chi connectivity index (χ3v) is 5.17. The maximum absolute atomic E-state index is 12.7. The van der Waals surface area contributed by atoms with Gasteiger partial charge in [-0.2, -0.15) is 5.10 Å². The third-order valence-electron chi connectivity index (χ3n) is 4.25. The molecule has 0 aliphatic carbocycles. The Labute approximate surface area is 209 Å². The zero-order valence-corrected chi connectivity index (χ0v) is 20.8. The molecule has 10 heteroatoms. The minimum Gasteiger partial charge on any atom is -0.493 e. The Bertz CT molecular complexity index is 1210. The largest absolute Gasteiger partial charge is 0.493 e. The van der Waals surface area contributed by atoms with E-state index < -0.39 is 5.97 Å². The van der Waals surface area contributed by atoms with Gasteiger partial charge in [-0.05, 0) is 66.8 Å². The van der Waals surface area contributed by atoms with Crippen LogP contribution in [0.2, 0.25) is 5.02 Å². The van der Waals surface area contributed by atoms with Gasteiger partial charge in [0, 0.05) is 20.7 Å². The number of nitrogens with zero attached hydrogens (tertiary/aromatic N) is 1. The predicted molar refractivity (Wildman–Crippen MR) is 137 cm³/mol. The molecule has 0 amide bonds. The lowest BCUT2D eigenvalue weighted by atomic mass is 10.2. The van der Waals surface area contributed by atoms with Crippen molar-refractivity contribution >= 4 is 62.7 Å². The molecule has 0 unspecified atom stereocenters. The number of hydrogen-bond acceptors (Lipinski definition) is 6. The number of halogens is 2. The van der Waals surface area contributed by atoms with E-state index in [1.54, 1.807) is 54.6 Å². The molecule has 0 saturated carbocycles. The van der Waals surface area contributed by atoms with E-state index in [-0.39, 0.29) is 5.11 Å². The maximum atomic E-state index is 12.7. The molecule has 0 bridgehead atoms. The second-order valence-corrected chi connectivity index (χ2v) is 8.24. The topological polar surface area (TPSA) is 81.2 Å². The molecule has 7 nitrogen and oxygen atoms in total. The fourth-order valence-electron chi connectivity index (χ4n) is 2.72. The Morgan fingerprint density at radius 3 is 2.52 bits per heavy atom. The van der Waals surface area contributed by atoms with Crippen molar-refractivity contribution in [3.8, 4) is 17.2 Å². The van der Waals surface area contributed by atoms with E-state index in [0.29, 0.717) is 33.4 Å². The molecule has 0 atom stereocenters. The fraction of sp³-hybridized carbons (Fsp3) is 0.0870. The van der Waals surface area contributed by atoms with Gasteiger partial charge in [-0.3, -0.25) is 5.43 Å². The van der Waals surface area contributed by atoms with Gasteiger partial charge in [0.25, 0.3) is 0 Å². The number of esters is 1. The van der Waals surface area contributed by atoms with Crippen LogP contribution in [0.3, 0.4) is 0 Å². The molecule has 0 aliphatic rings. The zero-order chi connectivity index (χ0) is 23.8. The van der Waals surface area contributed by atoms with E-state index in [1.165, 1.54) is 20.4 Å². The lowest BCUT2D eigenvalue weighted by molar-refractivity contribution is 0.0734. The van der Waals surface area contributed by atoms with Crippen molar-refractivity contribution in [2.24, 2.45) is 5.10 Å². The molecule has 3 aromatic carbocycles. The van der Waals surface area contributed by atoms with Gasteiger partial charge in [-0.15, -0.1) is 0 Å². The van der Waals surface area contributed by atoms with Crippen LogP contribution in [-0.2, 0) is 0 Å². The van der Waals surface area contributed by atoms with Gasteiger partial charge >= 0.3 is 5.97 Å². The van der Waals surface area contributed by atoms with Crippen LogP contribution in [0.15, 0.2) is 70.2 Å². The molecule has 2 N–H and O–H groups in total. The summed E-state index contributed by atoms with van der Waals surface area (Å²) in [6.07, 6.45) is 1.49. The number of nitrogens with one attached hydrogen (secondary N) is 2. The fourth-order valence-corrected chi connectivity index (χ4v) is 3.46. The smallest absolute Gasteiger partial charge is 0.343 e. The Morgan fingerprint density at radius 1 is 1.03 bits per heavy atom. The number of carbonyl (C=O) groups excluding carboxylic acids is 1. The van der Waals surface area contributed by atoms with E-state index in [4.69, 9.17) is 38.0 Å². The summed E-state index contributed by atoms with van der Waals surface area (Å²) >= 11 is 14.6. The van der Waals surface area contributed by atoms with E-state index in [0.717, 1.165) is 10.2 Å². The number of anilines is 1. The second-order valence-electron chi connectivity index (χ2n) is 6.48. The normalized spacial score (nSPS) is 10.5. The summed E-state index contributed by atoms with van der Waals surface area (Å²) in [6.45, 7) is 0. The minimum absolute atomic E-state index is 0.271. The van der Waals surface area contributed by atoms with Crippen LogP contribution in [0.4, 0.5) is 5.69 Å². The molecular formula is C23H19BrClN3O4S. The van der Waals surface area contributed by atoms with Crippen LogP contribution in [0.1, 0.15) is 15.9 Å². The van der Waals surface area contributed by atoms with Crippen molar-refractivity contribution in [3.05, 3.63) is 81.3 Å². The summed E-state index contributed by atoms with van der Waals surface area (Å²) in [5, 5.41) is 7.96. The van der Waals surface area contributed by atoms with Crippen LogP contribution >= 0.6 is 39.7 Å². The molecule has 3 rings (SSSR count). The van der Waals surface area contributed by atoms with Gasteiger partial charge in [-0.1, -0.05) is 33.6 Å². The highest BCUT2D eigenvalue weighted by Crippen LogP contribution is 2.29. The molecule has 0 spiro atoms. The molecule has 0 aliphatic heterocycles. The van der Waals surface area contributed by atoms with Crippen molar-refractivity contribution in [2.75, 3.05) is 19.5 Å². The summed E-state index contributed by atoms with van der Waals surface area (Å²) in [7, 11) is 3.02. The number of hydrogen-bond donors (Lipinski definition) is 2. The van der Waals surface area contributed by atoms with Gasteiger partial charge in [0.2, 0.25) is 0 Å². The second kappa shape index (κ2) is 11.6. The zero-order valence-electron chi connectivity index (χ0n) is 17.6. The van der Waals surface area contributed by atoms with Crippen molar-refractivity contribution in [1.82, 2.24) is 5.43 Å². The van der Waals surface area contributed by atoms with E-state index in [2.05, 4.69) is 31.8 Å². The highest BCUT2D eigenvalue weighted by Gasteiger charge is 2.15. The first kappa shape index (κ1) is 24.5. The molecule has 33 heavy (non-hydrogen) atoms. The Kier molecular flexibility index (Phi) is 8.65. The number of rotatable bonds is 7. The van der Waals surface area contributed by atoms with E-state index in [9.17, 15) is 4.79 Å². The van der Waals surface area contributed by atoms with Gasteiger partial charge in [-0.25, -0.2) is 4.79 Å². The lowest BCUT2D eigenvalue weighted by Gasteiger charge is -2.11. The molecule has 0 fully saturated rings. The summed E-state index contributed by atoms with van der Waals surface area (Å²) in [5.41, 5.74) is 4.30. The van der Waals surface area contributed by atoms with Crippen LogP contribution in [0.25, 0.3) is 0 Å². The summed E-state index contributed by atoms with van der Waals surface area (Å²) in [5.74, 6) is 0.699. The molecule has 0 radical (unpaired) electrons. The third kappa shape index (κ3) is 6.92. The molecular weight excluding hydrogens is 530 g/mol. The van der Waals surface area contributed by atoms with Gasteiger partial charge in [0.15, 0.2) is 16.6 Å². The maximum Gasteiger partial charge on any atom is 0.343 e. The Balaban J connectivity index is 1.71. The monoisotopic (exact) mass is 547 g/mol. The van der Waals surface area contributed by atoms with E-state index in [1.807, 2.05) is 6.07 Å². The van der Waals surface area contributed by atoms with Gasteiger partial charge in [0.05, 0.1) is 26.0 Å². The highest BCUT2D eigenvalue weighted by atomic mass is 79.9. The van der Waals surface area contributed by atoms with Crippen LogP contribution in [-0.4, -0.2) is 31.5 Å².